The van der Waals surface area contributed by atoms with E-state index < -0.39 is 0 Å². The quantitative estimate of drug-likeness (QED) is 0.521. The molecular weight excluding hydrogens is 338 g/mol. The van der Waals surface area contributed by atoms with Gasteiger partial charge in [0.05, 0.1) is 16.3 Å². The summed E-state index contributed by atoms with van der Waals surface area (Å²) in [4.78, 5) is 14.9. The number of carbonyl (C=O) groups excluding carboxylic acids is 1. The second-order valence-electron chi connectivity index (χ2n) is 5.57. The summed E-state index contributed by atoms with van der Waals surface area (Å²) in [7, 11) is 3.66. The molecule has 0 amide bonds. The van der Waals surface area contributed by atoms with Crippen molar-refractivity contribution in [2.45, 2.75) is 0 Å². The van der Waals surface area contributed by atoms with Gasteiger partial charge in [0.15, 0.2) is 11.6 Å². The van der Waals surface area contributed by atoms with E-state index in [0.717, 1.165) is 5.69 Å². The number of hydrogen-bond acceptors (Lipinski definition) is 5. The van der Waals surface area contributed by atoms with Gasteiger partial charge in [-0.2, -0.15) is 4.68 Å². The Kier molecular flexibility index (Phi) is 4.90. The average molecular weight is 354 g/mol. The van der Waals surface area contributed by atoms with Crippen molar-refractivity contribution in [2.75, 3.05) is 14.1 Å². The normalized spacial score (nSPS) is 11.4. The minimum atomic E-state index is -0.244. The highest BCUT2D eigenvalue weighted by Crippen LogP contribution is 2.24. The lowest BCUT2D eigenvalue weighted by Gasteiger charge is -2.12. The zero-order valence-corrected chi connectivity index (χ0v) is 14.6. The number of tetrazole rings is 1. The first-order valence-electron chi connectivity index (χ1n) is 7.59. The van der Waals surface area contributed by atoms with E-state index in [2.05, 4.69) is 15.5 Å². The molecule has 3 rings (SSSR count). The van der Waals surface area contributed by atoms with Crippen molar-refractivity contribution in [3.8, 4) is 5.69 Å². The van der Waals surface area contributed by atoms with Crippen LogP contribution in [0.2, 0.25) is 5.02 Å². The minimum Gasteiger partial charge on any atom is -0.383 e. The van der Waals surface area contributed by atoms with Crippen LogP contribution in [0.3, 0.4) is 0 Å². The zero-order chi connectivity index (χ0) is 17.8. The number of halogens is 1. The lowest BCUT2D eigenvalue weighted by Crippen LogP contribution is -2.14. The molecule has 25 heavy (non-hydrogen) atoms. The molecule has 126 valence electrons. The third-order valence-electron chi connectivity index (χ3n) is 3.46. The molecule has 0 N–H and O–H groups in total. The van der Waals surface area contributed by atoms with Crippen LogP contribution in [0.15, 0.2) is 60.8 Å². The first-order chi connectivity index (χ1) is 12.1. The fraction of sp³-hybridized carbons (Fsp3) is 0.111. The summed E-state index contributed by atoms with van der Waals surface area (Å²) >= 11 is 6.20. The van der Waals surface area contributed by atoms with Crippen LogP contribution in [0.5, 0.6) is 0 Å². The largest absolute Gasteiger partial charge is 0.383 e. The first-order valence-corrected chi connectivity index (χ1v) is 7.97. The van der Waals surface area contributed by atoms with Gasteiger partial charge in [0.1, 0.15) is 0 Å². The van der Waals surface area contributed by atoms with Gasteiger partial charge in [-0.25, -0.2) is 0 Å². The molecule has 3 aromatic rings. The molecule has 0 atom stereocenters. The second kappa shape index (κ2) is 7.27. The molecule has 7 heteroatoms. The molecule has 0 bridgehead atoms. The van der Waals surface area contributed by atoms with Gasteiger partial charge in [-0.05, 0) is 34.7 Å². The molecule has 0 spiro atoms. The number of aromatic nitrogens is 4. The van der Waals surface area contributed by atoms with Crippen molar-refractivity contribution >= 4 is 23.0 Å². The van der Waals surface area contributed by atoms with Crippen molar-refractivity contribution < 1.29 is 4.79 Å². The fourth-order valence-electron chi connectivity index (χ4n) is 2.36. The standard InChI is InChI=1S/C18H16ClN5O/c1-23(2)12-15(17(25)14-10-6-7-11-16(14)19)18-20-21-22-24(18)13-8-4-3-5-9-13/h3-12H,1-2H3/b15-12-. The molecule has 6 nitrogen and oxygen atoms in total. The summed E-state index contributed by atoms with van der Waals surface area (Å²) in [5.74, 6) is 0.108. The van der Waals surface area contributed by atoms with Gasteiger partial charge in [-0.1, -0.05) is 41.9 Å². The van der Waals surface area contributed by atoms with Crippen LogP contribution in [-0.4, -0.2) is 45.0 Å². The van der Waals surface area contributed by atoms with Crippen LogP contribution in [0.4, 0.5) is 0 Å². The second-order valence-corrected chi connectivity index (χ2v) is 5.97. The molecule has 0 aliphatic rings. The third-order valence-corrected chi connectivity index (χ3v) is 3.79. The molecule has 0 aliphatic heterocycles. The van der Waals surface area contributed by atoms with Gasteiger partial charge in [0.2, 0.25) is 0 Å². The maximum absolute atomic E-state index is 13.1. The Bertz CT molecular complexity index is 918. The lowest BCUT2D eigenvalue weighted by molar-refractivity contribution is 0.105. The summed E-state index contributed by atoms with van der Waals surface area (Å²) < 4.78 is 1.53. The van der Waals surface area contributed by atoms with Gasteiger partial charge in [-0.15, -0.1) is 5.10 Å². The van der Waals surface area contributed by atoms with Crippen LogP contribution >= 0.6 is 11.6 Å². The highest BCUT2D eigenvalue weighted by molar-refractivity contribution is 6.38. The Balaban J connectivity index is 2.12. The molecule has 1 aromatic heterocycles. The van der Waals surface area contributed by atoms with Crippen LogP contribution < -0.4 is 0 Å². The van der Waals surface area contributed by atoms with E-state index >= 15 is 0 Å². The zero-order valence-electron chi connectivity index (χ0n) is 13.8. The molecule has 0 aliphatic carbocycles. The van der Waals surface area contributed by atoms with Crippen LogP contribution in [0.1, 0.15) is 16.2 Å². The van der Waals surface area contributed by atoms with Crippen molar-refractivity contribution in [2.24, 2.45) is 0 Å². The Hall–Kier alpha value is -2.99. The minimum absolute atomic E-state index is 0.244. The van der Waals surface area contributed by atoms with Gasteiger partial charge in [0.25, 0.3) is 0 Å². The Morgan fingerprint density at radius 2 is 1.76 bits per heavy atom. The van der Waals surface area contributed by atoms with Crippen molar-refractivity contribution in [1.29, 1.82) is 0 Å². The number of carbonyl (C=O) groups is 1. The first kappa shape index (κ1) is 16.9. The van der Waals surface area contributed by atoms with E-state index in [1.807, 2.05) is 44.4 Å². The molecule has 0 unspecified atom stereocenters. The monoisotopic (exact) mass is 353 g/mol. The van der Waals surface area contributed by atoms with E-state index in [4.69, 9.17) is 11.6 Å². The number of nitrogens with zero attached hydrogens (tertiary/aromatic N) is 5. The van der Waals surface area contributed by atoms with Gasteiger partial charge < -0.3 is 4.90 Å². The number of Topliss-reactive ketones (excluding diaryl/α,β-unsaturated/α-hetero) is 1. The maximum Gasteiger partial charge on any atom is 0.199 e. The molecule has 1 heterocycles. The van der Waals surface area contributed by atoms with Gasteiger partial charge in [-0.3, -0.25) is 4.79 Å². The number of rotatable bonds is 5. The van der Waals surface area contributed by atoms with Gasteiger partial charge in [0, 0.05) is 25.9 Å². The summed E-state index contributed by atoms with van der Waals surface area (Å²) in [6.45, 7) is 0. The molecule has 0 saturated heterocycles. The Labute approximate surface area is 150 Å². The number of para-hydroxylation sites is 1. The average Bonchev–Trinajstić information content (AvgIpc) is 3.09. The Morgan fingerprint density at radius 3 is 2.44 bits per heavy atom. The number of benzene rings is 2. The Morgan fingerprint density at radius 1 is 1.08 bits per heavy atom. The van der Waals surface area contributed by atoms with Crippen LogP contribution in [0, 0.1) is 0 Å². The molecule has 0 fully saturated rings. The highest BCUT2D eigenvalue weighted by Gasteiger charge is 2.23. The molecular formula is C18H16ClN5O. The number of ketones is 1. The van der Waals surface area contributed by atoms with Gasteiger partial charge >= 0.3 is 0 Å². The summed E-state index contributed by atoms with van der Waals surface area (Å²) in [5.41, 5.74) is 1.52. The van der Waals surface area contributed by atoms with Crippen molar-refractivity contribution in [3.05, 3.63) is 77.2 Å². The summed E-state index contributed by atoms with van der Waals surface area (Å²) in [5, 5.41) is 12.2. The third kappa shape index (κ3) is 3.59. The SMILES string of the molecule is CN(C)/C=C(/C(=O)c1ccccc1Cl)c1nnnn1-c1ccccc1. The van der Waals surface area contributed by atoms with Crippen LogP contribution in [0.25, 0.3) is 11.3 Å². The maximum atomic E-state index is 13.1. The number of allylic oxidation sites excluding steroid dienone is 1. The van der Waals surface area contributed by atoms with E-state index in [1.165, 1.54) is 4.68 Å². The molecule has 0 saturated carbocycles. The number of hydrogen-bond donors (Lipinski definition) is 0. The molecule has 0 radical (unpaired) electrons. The van der Waals surface area contributed by atoms with E-state index in [0.29, 0.717) is 22.0 Å². The predicted octanol–water partition coefficient (Wildman–Crippen LogP) is 3.10. The smallest absolute Gasteiger partial charge is 0.199 e. The fourth-order valence-corrected chi connectivity index (χ4v) is 2.59. The van der Waals surface area contributed by atoms with E-state index in [1.54, 1.807) is 35.4 Å². The van der Waals surface area contributed by atoms with Crippen molar-refractivity contribution in [3.63, 3.8) is 0 Å². The van der Waals surface area contributed by atoms with Crippen molar-refractivity contribution in [1.82, 2.24) is 25.1 Å². The van der Waals surface area contributed by atoms with E-state index in [9.17, 15) is 4.79 Å². The lowest BCUT2D eigenvalue weighted by atomic mass is 10.0. The van der Waals surface area contributed by atoms with Crippen LogP contribution in [-0.2, 0) is 0 Å². The molecule has 2 aromatic carbocycles. The summed E-state index contributed by atoms with van der Waals surface area (Å²) in [6.07, 6.45) is 1.69. The predicted molar refractivity (Wildman–Crippen MR) is 96.6 cm³/mol. The summed E-state index contributed by atoms with van der Waals surface area (Å²) in [6, 6.07) is 16.3. The topological polar surface area (TPSA) is 63.9 Å². The van der Waals surface area contributed by atoms with E-state index in [-0.39, 0.29) is 5.78 Å². The highest BCUT2D eigenvalue weighted by atomic mass is 35.5.